The lowest BCUT2D eigenvalue weighted by Crippen LogP contribution is -2.48. The molecule has 2 aliphatic heterocycles. The Hall–Kier alpha value is -1.36. The summed E-state index contributed by atoms with van der Waals surface area (Å²) in [4.78, 5) is 22.5. The van der Waals surface area contributed by atoms with Crippen molar-refractivity contribution in [2.24, 2.45) is 11.8 Å². The minimum Gasteiger partial charge on any atom is -0.377 e. The number of H-pyrrole nitrogens is 1. The smallest absolute Gasteiger partial charge is 0.228 e. The number of hydrogen-bond acceptors (Lipinski definition) is 3. The summed E-state index contributed by atoms with van der Waals surface area (Å²) >= 11 is 0. The molecule has 2 fully saturated rings. The minimum absolute atomic E-state index is 0.0499. The number of aromatic nitrogens is 2. The van der Waals surface area contributed by atoms with Gasteiger partial charge in [0.1, 0.15) is 5.82 Å². The Morgan fingerprint density at radius 1 is 1.36 bits per heavy atom. The maximum atomic E-state index is 12.9. The number of amides is 1. The van der Waals surface area contributed by atoms with Crippen LogP contribution in [0.15, 0.2) is 12.4 Å². The summed E-state index contributed by atoms with van der Waals surface area (Å²) in [5.41, 5.74) is 0. The van der Waals surface area contributed by atoms with Crippen LogP contribution >= 0.6 is 0 Å². The van der Waals surface area contributed by atoms with Crippen molar-refractivity contribution in [3.05, 3.63) is 18.2 Å². The van der Waals surface area contributed by atoms with E-state index in [1.807, 2.05) is 11.1 Å². The van der Waals surface area contributed by atoms with Crippen molar-refractivity contribution in [2.45, 2.75) is 51.6 Å². The molecule has 0 radical (unpaired) electrons. The van der Waals surface area contributed by atoms with Crippen LogP contribution in [0, 0.1) is 11.8 Å². The van der Waals surface area contributed by atoms with E-state index in [1.165, 1.54) is 0 Å². The second-order valence-corrected chi connectivity index (χ2v) is 6.90. The molecular formula is C17H27N3O2. The van der Waals surface area contributed by atoms with Crippen molar-refractivity contribution in [3.8, 4) is 0 Å². The Balaban J connectivity index is 1.59. The maximum absolute atomic E-state index is 12.9. The Morgan fingerprint density at radius 2 is 2.14 bits per heavy atom. The highest BCUT2D eigenvalue weighted by atomic mass is 16.5. The highest BCUT2D eigenvalue weighted by molar-refractivity contribution is 5.79. The molecule has 2 atom stereocenters. The standard InChI is InChI=1S/C17H27N3O2/c1-12(2)15-14(4-3-11-22-15)17(21)20-9-5-13(6-10-20)16-18-7-8-19-16/h7-8,12-15H,3-6,9-11H2,1-2H3,(H,18,19)/t14-,15-/m0/s1. The maximum Gasteiger partial charge on any atom is 0.228 e. The number of imidazole rings is 1. The van der Waals surface area contributed by atoms with Gasteiger partial charge in [-0.3, -0.25) is 4.79 Å². The molecule has 3 rings (SSSR count). The van der Waals surface area contributed by atoms with Gasteiger partial charge in [0.05, 0.1) is 12.0 Å². The van der Waals surface area contributed by atoms with Crippen molar-refractivity contribution in [1.82, 2.24) is 14.9 Å². The fraction of sp³-hybridized carbons (Fsp3) is 0.765. The van der Waals surface area contributed by atoms with E-state index in [4.69, 9.17) is 4.74 Å². The zero-order valence-electron chi connectivity index (χ0n) is 13.6. The Labute approximate surface area is 132 Å². The molecular weight excluding hydrogens is 278 g/mol. The van der Waals surface area contributed by atoms with Crippen LogP contribution in [0.25, 0.3) is 0 Å². The van der Waals surface area contributed by atoms with Crippen molar-refractivity contribution in [2.75, 3.05) is 19.7 Å². The van der Waals surface area contributed by atoms with Crippen LogP contribution in [0.2, 0.25) is 0 Å². The van der Waals surface area contributed by atoms with Crippen molar-refractivity contribution < 1.29 is 9.53 Å². The molecule has 0 spiro atoms. The average molecular weight is 305 g/mol. The molecule has 0 aliphatic carbocycles. The first-order valence-corrected chi connectivity index (χ1v) is 8.56. The normalized spacial score (nSPS) is 27.3. The third kappa shape index (κ3) is 3.19. The SMILES string of the molecule is CC(C)[C@@H]1OCCC[C@@H]1C(=O)N1CCC(c2ncc[nH]2)CC1. The van der Waals surface area contributed by atoms with E-state index >= 15 is 0 Å². The number of aromatic amines is 1. The molecule has 3 heterocycles. The molecule has 1 amide bonds. The number of piperidine rings is 1. The lowest BCUT2D eigenvalue weighted by atomic mass is 9.85. The quantitative estimate of drug-likeness (QED) is 0.933. The van der Waals surface area contributed by atoms with Crippen LogP contribution in [-0.2, 0) is 9.53 Å². The monoisotopic (exact) mass is 305 g/mol. The summed E-state index contributed by atoms with van der Waals surface area (Å²) in [6.45, 7) is 6.78. The lowest BCUT2D eigenvalue weighted by molar-refractivity contribution is -0.148. The Bertz CT molecular complexity index is 478. The number of ether oxygens (including phenoxy) is 1. The molecule has 1 aromatic rings. The molecule has 5 nitrogen and oxygen atoms in total. The van der Waals surface area contributed by atoms with E-state index in [2.05, 4.69) is 23.8 Å². The summed E-state index contributed by atoms with van der Waals surface area (Å²) < 4.78 is 5.88. The first kappa shape index (κ1) is 15.5. The van der Waals surface area contributed by atoms with E-state index in [1.54, 1.807) is 6.20 Å². The molecule has 22 heavy (non-hydrogen) atoms. The van der Waals surface area contributed by atoms with E-state index in [0.29, 0.717) is 17.7 Å². The van der Waals surface area contributed by atoms with Crippen molar-refractivity contribution in [1.29, 1.82) is 0 Å². The van der Waals surface area contributed by atoms with Gasteiger partial charge in [-0.2, -0.15) is 0 Å². The van der Waals surface area contributed by atoms with Gasteiger partial charge >= 0.3 is 0 Å². The number of hydrogen-bond donors (Lipinski definition) is 1. The van der Waals surface area contributed by atoms with Crippen LogP contribution in [0.5, 0.6) is 0 Å². The third-order valence-electron chi connectivity index (χ3n) is 5.05. The first-order chi connectivity index (χ1) is 10.7. The van der Waals surface area contributed by atoms with E-state index in [9.17, 15) is 4.79 Å². The molecule has 0 saturated carbocycles. The number of carbonyl (C=O) groups is 1. The predicted molar refractivity (Wildman–Crippen MR) is 84.4 cm³/mol. The highest BCUT2D eigenvalue weighted by Crippen LogP contribution is 2.31. The number of carbonyl (C=O) groups excluding carboxylic acids is 1. The fourth-order valence-electron chi connectivity index (χ4n) is 3.83. The summed E-state index contributed by atoms with van der Waals surface area (Å²) in [6, 6.07) is 0. The van der Waals surface area contributed by atoms with Gasteiger partial charge in [0.15, 0.2) is 0 Å². The minimum atomic E-state index is 0.0499. The average Bonchev–Trinajstić information content (AvgIpc) is 3.09. The van der Waals surface area contributed by atoms with E-state index in [-0.39, 0.29) is 12.0 Å². The largest absolute Gasteiger partial charge is 0.377 e. The van der Waals surface area contributed by atoms with Crippen molar-refractivity contribution >= 4 is 5.91 Å². The zero-order chi connectivity index (χ0) is 15.5. The van der Waals surface area contributed by atoms with Gasteiger partial charge in [0.2, 0.25) is 5.91 Å². The number of nitrogens with one attached hydrogen (secondary N) is 1. The summed E-state index contributed by atoms with van der Waals surface area (Å²) in [5.74, 6) is 2.27. The van der Waals surface area contributed by atoms with Crippen LogP contribution in [0.1, 0.15) is 51.3 Å². The topological polar surface area (TPSA) is 58.2 Å². The van der Waals surface area contributed by atoms with Crippen LogP contribution < -0.4 is 0 Å². The summed E-state index contributed by atoms with van der Waals surface area (Å²) in [7, 11) is 0. The van der Waals surface area contributed by atoms with Gasteiger partial charge in [-0.25, -0.2) is 4.98 Å². The van der Waals surface area contributed by atoms with Gasteiger partial charge < -0.3 is 14.6 Å². The number of rotatable bonds is 3. The second-order valence-electron chi connectivity index (χ2n) is 6.90. The fourth-order valence-corrected chi connectivity index (χ4v) is 3.83. The van der Waals surface area contributed by atoms with Crippen LogP contribution in [0.4, 0.5) is 0 Å². The van der Waals surface area contributed by atoms with E-state index in [0.717, 1.165) is 51.2 Å². The lowest BCUT2D eigenvalue weighted by Gasteiger charge is -2.39. The first-order valence-electron chi connectivity index (χ1n) is 8.56. The molecule has 5 heteroatoms. The molecule has 122 valence electrons. The van der Waals surface area contributed by atoms with Crippen LogP contribution in [0.3, 0.4) is 0 Å². The zero-order valence-corrected chi connectivity index (χ0v) is 13.6. The number of likely N-dealkylation sites (tertiary alicyclic amines) is 1. The molecule has 2 aliphatic rings. The molecule has 1 aromatic heterocycles. The summed E-state index contributed by atoms with van der Waals surface area (Å²) in [6.07, 6.45) is 7.74. The third-order valence-corrected chi connectivity index (χ3v) is 5.05. The Kier molecular flexibility index (Phi) is 4.81. The van der Waals surface area contributed by atoms with Gasteiger partial charge in [-0.05, 0) is 31.6 Å². The molecule has 0 bridgehead atoms. The van der Waals surface area contributed by atoms with Gasteiger partial charge in [0, 0.05) is 38.0 Å². The summed E-state index contributed by atoms with van der Waals surface area (Å²) in [5, 5.41) is 0. The molecule has 1 N–H and O–H groups in total. The Morgan fingerprint density at radius 3 is 2.77 bits per heavy atom. The van der Waals surface area contributed by atoms with Gasteiger partial charge in [0.25, 0.3) is 0 Å². The second kappa shape index (κ2) is 6.82. The van der Waals surface area contributed by atoms with E-state index < -0.39 is 0 Å². The molecule has 0 aromatic carbocycles. The van der Waals surface area contributed by atoms with Crippen molar-refractivity contribution in [3.63, 3.8) is 0 Å². The van der Waals surface area contributed by atoms with Gasteiger partial charge in [-0.15, -0.1) is 0 Å². The van der Waals surface area contributed by atoms with Crippen LogP contribution in [-0.4, -0.2) is 46.6 Å². The van der Waals surface area contributed by atoms with Gasteiger partial charge in [-0.1, -0.05) is 13.8 Å². The molecule has 0 unspecified atom stereocenters. The molecule has 2 saturated heterocycles. The highest BCUT2D eigenvalue weighted by Gasteiger charge is 2.37. The number of nitrogens with zero attached hydrogens (tertiary/aromatic N) is 2. The predicted octanol–water partition coefficient (Wildman–Crippen LogP) is 2.57.